The van der Waals surface area contributed by atoms with E-state index < -0.39 is 7.82 Å². The molecule has 0 rings (SSSR count). The van der Waals surface area contributed by atoms with Gasteiger partial charge in [-0.15, -0.1) is 0 Å². The van der Waals surface area contributed by atoms with Crippen molar-refractivity contribution in [2.45, 2.75) is 13.8 Å². The van der Waals surface area contributed by atoms with E-state index in [-0.39, 0.29) is 19.4 Å². The molecule has 0 aliphatic heterocycles. The molecule has 0 aliphatic rings. The van der Waals surface area contributed by atoms with Gasteiger partial charge < -0.3 is 11.0 Å². The van der Waals surface area contributed by atoms with Gasteiger partial charge in [0.2, 0.25) is 0 Å². The molecule has 0 atom stereocenters. The van der Waals surface area contributed by atoms with Crippen molar-refractivity contribution >= 4 is 7.82 Å². The summed E-state index contributed by atoms with van der Waals surface area (Å²) in [7, 11) is -3.69. The molecule has 5 nitrogen and oxygen atoms in total. The van der Waals surface area contributed by atoms with Crippen molar-refractivity contribution in [2.75, 3.05) is 13.2 Å². The first-order chi connectivity index (χ1) is 4.12. The quantitative estimate of drug-likeness (QED) is 0.622. The van der Waals surface area contributed by atoms with Gasteiger partial charge in [-0.2, -0.15) is 0 Å². The first-order valence-corrected chi connectivity index (χ1v) is 4.23. The van der Waals surface area contributed by atoms with Crippen LogP contribution in [0, 0.1) is 0 Å². The van der Waals surface area contributed by atoms with Crippen molar-refractivity contribution in [1.29, 1.82) is 0 Å². The molecule has 0 heterocycles. The summed E-state index contributed by atoms with van der Waals surface area (Å²) >= 11 is 0. The van der Waals surface area contributed by atoms with Crippen LogP contribution in [0.15, 0.2) is 0 Å². The highest BCUT2D eigenvalue weighted by Gasteiger charge is 2.17. The van der Waals surface area contributed by atoms with Gasteiger partial charge in [0.25, 0.3) is 0 Å². The van der Waals surface area contributed by atoms with Crippen LogP contribution in [0.3, 0.4) is 0 Å². The Kier molecular flexibility index (Phi) is 7.41. The summed E-state index contributed by atoms with van der Waals surface area (Å²) in [4.78, 5) is 8.63. The molecule has 0 radical (unpaired) electrons. The minimum absolute atomic E-state index is 0. The predicted octanol–water partition coefficient (Wildman–Crippen LogP) is 1.32. The fourth-order valence-electron chi connectivity index (χ4n) is 0.364. The molecule has 0 aromatic carbocycles. The Morgan fingerprint density at radius 2 is 1.60 bits per heavy atom. The van der Waals surface area contributed by atoms with Crippen molar-refractivity contribution < 1.29 is 18.5 Å². The summed E-state index contributed by atoms with van der Waals surface area (Å²) in [6, 6.07) is 0. The van der Waals surface area contributed by atoms with Gasteiger partial charge >= 0.3 is 7.82 Å². The van der Waals surface area contributed by atoms with Crippen LogP contribution < -0.4 is 6.15 Å². The molecule has 0 aromatic heterocycles. The van der Waals surface area contributed by atoms with E-state index >= 15 is 0 Å². The average molecular weight is 171 g/mol. The highest BCUT2D eigenvalue weighted by atomic mass is 31.2. The van der Waals surface area contributed by atoms with Gasteiger partial charge in [0, 0.05) is 0 Å². The normalized spacial score (nSPS) is 10.7. The zero-order valence-corrected chi connectivity index (χ0v) is 7.13. The minimum atomic E-state index is -3.69. The molecule has 0 spiro atoms. The summed E-state index contributed by atoms with van der Waals surface area (Å²) in [6.07, 6.45) is 0. The molecule has 0 aliphatic carbocycles. The number of hydrogen-bond acceptors (Lipinski definition) is 4. The van der Waals surface area contributed by atoms with Crippen molar-refractivity contribution in [2.24, 2.45) is 0 Å². The summed E-state index contributed by atoms with van der Waals surface area (Å²) in [6.45, 7) is 3.63. The summed E-state index contributed by atoms with van der Waals surface area (Å²) < 4.78 is 19.2. The molecular weight excluding hydrogens is 157 g/mol. The molecule has 0 aromatic rings. The van der Waals surface area contributed by atoms with Crippen molar-refractivity contribution in [3.05, 3.63) is 0 Å². The maximum atomic E-state index is 10.5. The van der Waals surface area contributed by atoms with Crippen LogP contribution in [0.5, 0.6) is 0 Å². The summed E-state index contributed by atoms with van der Waals surface area (Å²) in [5.74, 6) is 0. The smallest absolute Gasteiger partial charge is 0.344 e. The Morgan fingerprint density at radius 1 is 1.30 bits per heavy atom. The standard InChI is InChI=1S/C4H11O4P.H3N/c1-3-7-9(5,6)8-4-2;/h3-4H2,1-2H3,(H,5,6);1H3. The van der Waals surface area contributed by atoms with Crippen molar-refractivity contribution in [1.82, 2.24) is 6.15 Å². The van der Waals surface area contributed by atoms with Gasteiger partial charge in [0.1, 0.15) is 0 Å². The van der Waals surface area contributed by atoms with Crippen LogP contribution in [-0.2, 0) is 13.6 Å². The molecule has 10 heavy (non-hydrogen) atoms. The second kappa shape index (κ2) is 5.82. The van der Waals surface area contributed by atoms with Gasteiger partial charge in [-0.05, 0) is 13.8 Å². The number of rotatable bonds is 4. The third-order valence-corrected chi connectivity index (χ3v) is 1.75. The van der Waals surface area contributed by atoms with Crippen LogP contribution >= 0.6 is 7.82 Å². The summed E-state index contributed by atoms with van der Waals surface area (Å²) in [5, 5.41) is 0. The highest BCUT2D eigenvalue weighted by molar-refractivity contribution is 7.47. The zero-order valence-electron chi connectivity index (χ0n) is 6.24. The molecule has 64 valence electrons. The maximum absolute atomic E-state index is 10.5. The van der Waals surface area contributed by atoms with Crippen LogP contribution in [-0.4, -0.2) is 18.1 Å². The van der Waals surface area contributed by atoms with Gasteiger partial charge in [0.15, 0.2) is 0 Å². The largest absolute Gasteiger partial charge is 0.472 e. The topological polar surface area (TPSA) is 90.8 Å². The van der Waals surface area contributed by atoms with Crippen LogP contribution in [0.25, 0.3) is 0 Å². The first-order valence-electron chi connectivity index (χ1n) is 2.74. The van der Waals surface area contributed by atoms with Gasteiger partial charge in [0.05, 0.1) is 13.2 Å². The molecule has 0 unspecified atom stereocenters. The van der Waals surface area contributed by atoms with Crippen LogP contribution in [0.4, 0.5) is 0 Å². The monoisotopic (exact) mass is 171 g/mol. The summed E-state index contributed by atoms with van der Waals surface area (Å²) in [5.41, 5.74) is 0. The highest BCUT2D eigenvalue weighted by Crippen LogP contribution is 2.42. The zero-order chi connectivity index (χ0) is 7.33. The lowest BCUT2D eigenvalue weighted by Crippen LogP contribution is -1.93. The number of phosphoric ester groups is 1. The Balaban J connectivity index is 0. The SMILES string of the molecule is CCOP(=O)(O)OCC.N. The van der Waals surface area contributed by atoms with Crippen molar-refractivity contribution in [3.63, 3.8) is 0 Å². The van der Waals surface area contributed by atoms with Crippen molar-refractivity contribution in [3.8, 4) is 0 Å². The fourth-order valence-corrected chi connectivity index (χ4v) is 1.09. The Hall–Kier alpha value is 0.0700. The molecule has 4 N–H and O–H groups in total. The Labute approximate surface area is 60.5 Å². The Bertz CT molecular complexity index is 108. The lowest BCUT2D eigenvalue weighted by molar-refractivity contribution is 0.161. The maximum Gasteiger partial charge on any atom is 0.472 e. The lowest BCUT2D eigenvalue weighted by atomic mass is 10.9. The Morgan fingerprint density at radius 3 is 1.80 bits per heavy atom. The average Bonchev–Trinajstić information content (AvgIpc) is 1.64. The van der Waals surface area contributed by atoms with E-state index in [1.165, 1.54) is 0 Å². The molecule has 6 heteroatoms. The number of phosphoric acid groups is 1. The molecule has 0 saturated carbocycles. The van der Waals surface area contributed by atoms with E-state index in [1.54, 1.807) is 13.8 Å². The van der Waals surface area contributed by atoms with E-state index in [1.807, 2.05) is 0 Å². The van der Waals surface area contributed by atoms with Crippen LogP contribution in [0.2, 0.25) is 0 Å². The molecular formula is C4H14NO4P. The predicted molar refractivity (Wildman–Crippen MR) is 38.1 cm³/mol. The second-order valence-corrected chi connectivity index (χ2v) is 2.76. The van der Waals surface area contributed by atoms with Gasteiger partial charge in [-0.1, -0.05) is 0 Å². The third-order valence-electron chi connectivity index (χ3n) is 0.584. The molecule has 0 amide bonds. The second-order valence-electron chi connectivity index (χ2n) is 1.30. The molecule has 0 saturated heterocycles. The van der Waals surface area contributed by atoms with Gasteiger partial charge in [-0.3, -0.25) is 9.05 Å². The van der Waals surface area contributed by atoms with Crippen LogP contribution in [0.1, 0.15) is 13.8 Å². The van der Waals surface area contributed by atoms with E-state index in [2.05, 4.69) is 9.05 Å². The minimum Gasteiger partial charge on any atom is -0.344 e. The van der Waals surface area contributed by atoms with E-state index in [0.717, 1.165) is 0 Å². The van der Waals surface area contributed by atoms with E-state index in [0.29, 0.717) is 0 Å². The lowest BCUT2D eigenvalue weighted by Gasteiger charge is -2.07. The number of hydrogen-bond donors (Lipinski definition) is 2. The van der Waals surface area contributed by atoms with E-state index in [9.17, 15) is 4.57 Å². The fraction of sp³-hybridized carbons (Fsp3) is 1.00. The van der Waals surface area contributed by atoms with Gasteiger partial charge in [-0.25, -0.2) is 4.57 Å². The molecule has 0 fully saturated rings. The first kappa shape index (κ1) is 12.7. The van der Waals surface area contributed by atoms with E-state index in [4.69, 9.17) is 4.89 Å². The third kappa shape index (κ3) is 6.19. The molecule has 0 bridgehead atoms.